The highest BCUT2D eigenvalue weighted by atomic mass is 35.5. The summed E-state index contributed by atoms with van der Waals surface area (Å²) in [6.45, 7) is 2.85. The minimum absolute atomic E-state index is 0.0343. The first-order valence-corrected chi connectivity index (χ1v) is 8.15. The highest BCUT2D eigenvalue weighted by Gasteiger charge is 2.11. The number of aromatic nitrogens is 4. The molecule has 25 heavy (non-hydrogen) atoms. The maximum absolute atomic E-state index is 13.2. The van der Waals surface area contributed by atoms with Crippen molar-refractivity contribution in [1.29, 1.82) is 0 Å². The van der Waals surface area contributed by atoms with Crippen LogP contribution in [0.1, 0.15) is 24.1 Å². The Balaban J connectivity index is 1.72. The van der Waals surface area contributed by atoms with Crippen molar-refractivity contribution < 1.29 is 4.39 Å². The van der Waals surface area contributed by atoms with Crippen LogP contribution in [0.5, 0.6) is 0 Å². The molecule has 3 aromatic rings. The van der Waals surface area contributed by atoms with Crippen molar-refractivity contribution >= 4 is 17.5 Å². The van der Waals surface area contributed by atoms with E-state index in [9.17, 15) is 9.18 Å². The summed E-state index contributed by atoms with van der Waals surface area (Å²) < 4.78 is 14.9. The van der Waals surface area contributed by atoms with Crippen LogP contribution in [-0.4, -0.2) is 19.7 Å². The fourth-order valence-electron chi connectivity index (χ4n) is 2.46. The van der Waals surface area contributed by atoms with E-state index in [0.29, 0.717) is 29.8 Å². The third-order valence-corrected chi connectivity index (χ3v) is 3.87. The molecule has 0 unspecified atom stereocenters. The van der Waals surface area contributed by atoms with Crippen LogP contribution in [0.3, 0.4) is 0 Å². The molecule has 0 spiro atoms. The Bertz CT molecular complexity index is 923. The highest BCUT2D eigenvalue weighted by Crippen LogP contribution is 2.16. The number of aromatic amines is 1. The molecule has 0 saturated heterocycles. The van der Waals surface area contributed by atoms with E-state index >= 15 is 0 Å². The van der Waals surface area contributed by atoms with Crippen LogP contribution in [-0.2, 0) is 13.1 Å². The van der Waals surface area contributed by atoms with Gasteiger partial charge in [0.1, 0.15) is 5.82 Å². The van der Waals surface area contributed by atoms with E-state index in [0.717, 1.165) is 5.56 Å². The average molecular weight is 362 g/mol. The fraction of sp³-hybridized carbons (Fsp3) is 0.235. The van der Waals surface area contributed by atoms with E-state index < -0.39 is 0 Å². The molecule has 2 N–H and O–H groups in total. The molecule has 0 radical (unpaired) electrons. The van der Waals surface area contributed by atoms with Crippen molar-refractivity contribution in [3.05, 3.63) is 75.2 Å². The molecule has 2 aromatic heterocycles. The SMILES string of the molecule is C[C@@H](Cn1cc(Cl)cn1)c1cc(=O)[nH]c(NCc2cccc(F)c2)n1. The molecule has 0 fully saturated rings. The van der Waals surface area contributed by atoms with E-state index in [1.807, 2.05) is 6.92 Å². The minimum Gasteiger partial charge on any atom is -0.352 e. The minimum atomic E-state index is -0.305. The molecule has 8 heteroatoms. The largest absolute Gasteiger partial charge is 0.352 e. The number of nitrogens with one attached hydrogen (secondary N) is 2. The second-order valence-corrected chi connectivity index (χ2v) is 6.22. The molecule has 1 aromatic carbocycles. The molecule has 0 amide bonds. The third-order valence-electron chi connectivity index (χ3n) is 3.68. The monoisotopic (exact) mass is 361 g/mol. The zero-order valence-corrected chi connectivity index (χ0v) is 14.3. The molecule has 2 heterocycles. The zero-order valence-electron chi connectivity index (χ0n) is 13.5. The number of hydrogen-bond donors (Lipinski definition) is 2. The quantitative estimate of drug-likeness (QED) is 0.707. The summed E-state index contributed by atoms with van der Waals surface area (Å²) in [7, 11) is 0. The molecule has 0 aliphatic carbocycles. The van der Waals surface area contributed by atoms with E-state index in [2.05, 4.69) is 20.4 Å². The zero-order chi connectivity index (χ0) is 17.8. The summed E-state index contributed by atoms with van der Waals surface area (Å²) >= 11 is 5.86. The summed E-state index contributed by atoms with van der Waals surface area (Å²) in [5.41, 5.74) is 1.14. The van der Waals surface area contributed by atoms with Gasteiger partial charge < -0.3 is 5.32 Å². The van der Waals surface area contributed by atoms with Gasteiger partial charge in [-0.1, -0.05) is 30.7 Å². The number of H-pyrrole nitrogens is 1. The number of halogens is 2. The Kier molecular flexibility index (Phi) is 5.14. The summed E-state index contributed by atoms with van der Waals surface area (Å²) in [6, 6.07) is 7.70. The number of rotatable bonds is 6. The Morgan fingerprint density at radius 3 is 2.96 bits per heavy atom. The second-order valence-electron chi connectivity index (χ2n) is 5.78. The van der Waals surface area contributed by atoms with Crippen LogP contribution in [0.25, 0.3) is 0 Å². The van der Waals surface area contributed by atoms with Crippen molar-refractivity contribution in [2.45, 2.75) is 25.9 Å². The van der Waals surface area contributed by atoms with E-state index in [-0.39, 0.29) is 17.3 Å². The molecule has 0 saturated carbocycles. The van der Waals surface area contributed by atoms with Crippen LogP contribution in [0.4, 0.5) is 10.3 Å². The van der Waals surface area contributed by atoms with Gasteiger partial charge in [0.15, 0.2) is 0 Å². The van der Waals surface area contributed by atoms with Gasteiger partial charge in [-0.15, -0.1) is 0 Å². The Morgan fingerprint density at radius 1 is 1.40 bits per heavy atom. The molecular weight excluding hydrogens is 345 g/mol. The normalized spacial score (nSPS) is 12.1. The van der Waals surface area contributed by atoms with Gasteiger partial charge in [0.25, 0.3) is 5.56 Å². The summed E-state index contributed by atoms with van der Waals surface area (Å²) in [6.07, 6.45) is 3.28. The topological polar surface area (TPSA) is 75.6 Å². The molecule has 3 rings (SSSR count). The summed E-state index contributed by atoms with van der Waals surface area (Å²) in [5, 5.41) is 7.70. The van der Waals surface area contributed by atoms with Crippen LogP contribution >= 0.6 is 11.6 Å². The van der Waals surface area contributed by atoms with E-state index in [4.69, 9.17) is 11.6 Å². The van der Waals surface area contributed by atoms with Gasteiger partial charge in [0.05, 0.1) is 16.9 Å². The van der Waals surface area contributed by atoms with Crippen molar-refractivity contribution in [3.63, 3.8) is 0 Å². The van der Waals surface area contributed by atoms with Gasteiger partial charge in [0, 0.05) is 31.3 Å². The Hall–Kier alpha value is -2.67. The molecule has 0 bridgehead atoms. The van der Waals surface area contributed by atoms with Crippen molar-refractivity contribution in [2.75, 3.05) is 5.32 Å². The number of benzene rings is 1. The first-order valence-electron chi connectivity index (χ1n) is 7.77. The predicted molar refractivity (Wildman–Crippen MR) is 94.2 cm³/mol. The smallest absolute Gasteiger partial charge is 0.252 e. The number of hydrogen-bond acceptors (Lipinski definition) is 4. The molecule has 130 valence electrons. The lowest BCUT2D eigenvalue weighted by Crippen LogP contribution is -2.17. The molecule has 6 nitrogen and oxygen atoms in total. The van der Waals surface area contributed by atoms with Gasteiger partial charge in [0.2, 0.25) is 5.95 Å². The Labute approximate surface area is 148 Å². The third kappa shape index (κ3) is 4.67. The van der Waals surface area contributed by atoms with Gasteiger partial charge in [-0.25, -0.2) is 9.37 Å². The number of nitrogens with zero attached hydrogens (tertiary/aromatic N) is 3. The van der Waals surface area contributed by atoms with Crippen LogP contribution < -0.4 is 10.9 Å². The molecule has 0 aliphatic heterocycles. The van der Waals surface area contributed by atoms with Crippen molar-refractivity contribution in [2.24, 2.45) is 0 Å². The predicted octanol–water partition coefficient (Wildman–Crippen LogP) is 3.17. The van der Waals surface area contributed by atoms with Gasteiger partial charge in [-0.05, 0) is 17.7 Å². The second kappa shape index (κ2) is 7.48. The summed E-state index contributed by atoms with van der Waals surface area (Å²) in [4.78, 5) is 19.0. The first kappa shape index (κ1) is 17.2. The van der Waals surface area contributed by atoms with Crippen molar-refractivity contribution in [1.82, 2.24) is 19.7 Å². The average Bonchev–Trinajstić information content (AvgIpc) is 2.97. The molecule has 0 aliphatic rings. The highest BCUT2D eigenvalue weighted by molar-refractivity contribution is 6.30. The first-order chi connectivity index (χ1) is 12.0. The van der Waals surface area contributed by atoms with Crippen LogP contribution in [0.15, 0.2) is 47.5 Å². The maximum Gasteiger partial charge on any atom is 0.252 e. The lowest BCUT2D eigenvalue weighted by atomic mass is 10.1. The van der Waals surface area contributed by atoms with Crippen LogP contribution in [0.2, 0.25) is 5.02 Å². The molecular formula is C17H17ClFN5O. The van der Waals surface area contributed by atoms with Gasteiger partial charge >= 0.3 is 0 Å². The van der Waals surface area contributed by atoms with E-state index in [1.54, 1.807) is 29.2 Å². The Morgan fingerprint density at radius 2 is 2.24 bits per heavy atom. The standard InChI is InChI=1S/C17H17ClFN5O/c1-11(9-24-10-13(18)8-21-24)15-6-16(25)23-17(22-15)20-7-12-3-2-4-14(19)5-12/h2-6,8,10-11H,7,9H2,1H3,(H2,20,22,23,25)/t11-/m0/s1. The van der Waals surface area contributed by atoms with E-state index in [1.165, 1.54) is 18.2 Å². The van der Waals surface area contributed by atoms with Gasteiger partial charge in [-0.3, -0.25) is 14.5 Å². The lowest BCUT2D eigenvalue weighted by molar-refractivity contribution is 0.533. The fourth-order valence-corrected chi connectivity index (χ4v) is 2.61. The lowest BCUT2D eigenvalue weighted by Gasteiger charge is -2.13. The maximum atomic E-state index is 13.2. The van der Waals surface area contributed by atoms with Gasteiger partial charge in [-0.2, -0.15) is 5.10 Å². The van der Waals surface area contributed by atoms with Crippen LogP contribution in [0, 0.1) is 5.82 Å². The number of anilines is 1. The van der Waals surface area contributed by atoms with Crippen molar-refractivity contribution in [3.8, 4) is 0 Å². The summed E-state index contributed by atoms with van der Waals surface area (Å²) in [5.74, 6) is 0.00565. The molecule has 1 atom stereocenters.